The maximum Gasteiger partial charge on any atom is 0.256 e. The molecule has 0 N–H and O–H groups in total. The highest BCUT2D eigenvalue weighted by Gasteiger charge is 2.26. The van der Waals surface area contributed by atoms with E-state index >= 15 is 0 Å². The molecule has 1 aromatic rings. The molecule has 0 bridgehead atoms. The Labute approximate surface area is 116 Å². The van der Waals surface area contributed by atoms with Gasteiger partial charge in [0, 0.05) is 19.0 Å². The molecular weight excluding hydrogens is 272 g/mol. The van der Waals surface area contributed by atoms with Crippen molar-refractivity contribution in [1.29, 1.82) is 0 Å². The van der Waals surface area contributed by atoms with E-state index < -0.39 is 17.5 Å². The Bertz CT molecular complexity index is 465. The van der Waals surface area contributed by atoms with E-state index in [4.69, 9.17) is 11.6 Å². The minimum Gasteiger partial charge on any atom is -0.338 e. The Hall–Kier alpha value is -1.16. The van der Waals surface area contributed by atoms with E-state index in [9.17, 15) is 13.6 Å². The van der Waals surface area contributed by atoms with Gasteiger partial charge in [-0.1, -0.05) is 6.07 Å². The fourth-order valence-electron chi connectivity index (χ4n) is 2.48. The third kappa shape index (κ3) is 3.24. The maximum absolute atomic E-state index is 13.6. The van der Waals surface area contributed by atoms with Crippen molar-refractivity contribution in [3.8, 4) is 0 Å². The minimum atomic E-state index is -1.06. The Morgan fingerprint density at radius 1 is 1.42 bits per heavy atom. The van der Waals surface area contributed by atoms with E-state index in [1.54, 1.807) is 4.90 Å². The monoisotopic (exact) mass is 287 g/mol. The first-order valence-electron chi connectivity index (χ1n) is 6.42. The molecule has 2 rings (SSSR count). The lowest BCUT2D eigenvalue weighted by Crippen LogP contribution is -2.40. The Morgan fingerprint density at radius 2 is 2.21 bits per heavy atom. The number of nitrogens with zero attached hydrogens (tertiary/aromatic N) is 1. The zero-order valence-corrected chi connectivity index (χ0v) is 11.3. The van der Waals surface area contributed by atoms with Gasteiger partial charge in [0.1, 0.15) is 0 Å². The van der Waals surface area contributed by atoms with Crippen LogP contribution in [0.1, 0.15) is 29.6 Å². The number of hydrogen-bond donors (Lipinski definition) is 0. The average molecular weight is 288 g/mol. The smallest absolute Gasteiger partial charge is 0.256 e. The van der Waals surface area contributed by atoms with E-state index in [-0.39, 0.29) is 5.56 Å². The van der Waals surface area contributed by atoms with Gasteiger partial charge in [0.05, 0.1) is 5.56 Å². The van der Waals surface area contributed by atoms with Gasteiger partial charge >= 0.3 is 0 Å². The number of amides is 1. The third-order valence-corrected chi connectivity index (χ3v) is 3.72. The number of benzene rings is 1. The summed E-state index contributed by atoms with van der Waals surface area (Å²) in [6.45, 7) is 1.16. The lowest BCUT2D eigenvalue weighted by molar-refractivity contribution is 0.0666. The van der Waals surface area contributed by atoms with Gasteiger partial charge in [0.15, 0.2) is 11.6 Å². The lowest BCUT2D eigenvalue weighted by Gasteiger charge is -2.32. The van der Waals surface area contributed by atoms with Crippen LogP contribution in [0, 0.1) is 17.6 Å². The normalized spacial score (nSPS) is 19.5. The van der Waals surface area contributed by atoms with Crippen LogP contribution < -0.4 is 0 Å². The summed E-state index contributed by atoms with van der Waals surface area (Å²) in [5, 5.41) is 0. The molecule has 1 unspecified atom stereocenters. The van der Waals surface area contributed by atoms with Crippen molar-refractivity contribution in [3.63, 3.8) is 0 Å². The second-order valence-electron chi connectivity index (χ2n) is 4.84. The molecule has 0 radical (unpaired) electrons. The van der Waals surface area contributed by atoms with Gasteiger partial charge in [-0.25, -0.2) is 8.78 Å². The van der Waals surface area contributed by atoms with Crippen molar-refractivity contribution in [2.75, 3.05) is 19.0 Å². The largest absolute Gasteiger partial charge is 0.338 e. The van der Waals surface area contributed by atoms with Crippen LogP contribution in [-0.4, -0.2) is 29.8 Å². The molecule has 1 amide bonds. The van der Waals surface area contributed by atoms with Crippen LogP contribution in [0.4, 0.5) is 8.78 Å². The lowest BCUT2D eigenvalue weighted by atomic mass is 9.95. The molecule has 2 nitrogen and oxygen atoms in total. The fourth-order valence-corrected chi connectivity index (χ4v) is 2.79. The minimum absolute atomic E-state index is 0.188. The molecular formula is C14H16ClF2NO. The number of halogens is 3. The third-order valence-electron chi connectivity index (χ3n) is 3.51. The number of carbonyl (C=O) groups excluding carboxylic acids is 1. The van der Waals surface area contributed by atoms with Gasteiger partial charge in [0.25, 0.3) is 5.91 Å². The van der Waals surface area contributed by atoms with Crippen LogP contribution in [0.2, 0.25) is 0 Å². The van der Waals surface area contributed by atoms with E-state index in [0.717, 1.165) is 25.3 Å². The number of hydrogen-bond acceptors (Lipinski definition) is 1. The van der Waals surface area contributed by atoms with Gasteiger partial charge in [-0.2, -0.15) is 0 Å². The summed E-state index contributed by atoms with van der Waals surface area (Å²) in [5.41, 5.74) is -0.188. The van der Waals surface area contributed by atoms with Gasteiger partial charge in [-0.05, 0) is 37.3 Å². The summed E-state index contributed by atoms with van der Waals surface area (Å²) in [5.74, 6) is -1.57. The first-order chi connectivity index (χ1) is 9.13. The van der Waals surface area contributed by atoms with E-state index in [1.807, 2.05) is 0 Å². The zero-order chi connectivity index (χ0) is 13.8. The molecule has 0 spiro atoms. The summed E-state index contributed by atoms with van der Waals surface area (Å²) in [6, 6.07) is 3.69. The number of carbonyl (C=O) groups is 1. The van der Waals surface area contributed by atoms with Gasteiger partial charge in [0.2, 0.25) is 0 Å². The molecule has 0 aliphatic carbocycles. The van der Waals surface area contributed by atoms with Crippen LogP contribution in [0.25, 0.3) is 0 Å². The molecule has 1 aliphatic heterocycles. The molecule has 1 aromatic carbocycles. The standard InChI is InChI=1S/C14H16ClF2NO/c15-7-6-10-3-2-8-18(9-10)14(19)11-4-1-5-12(16)13(11)17/h1,4-5,10H,2-3,6-9H2. The summed E-state index contributed by atoms with van der Waals surface area (Å²) < 4.78 is 26.7. The molecule has 1 aliphatic rings. The predicted molar refractivity (Wildman–Crippen MR) is 70.3 cm³/mol. The molecule has 0 aromatic heterocycles. The van der Waals surface area contributed by atoms with Crippen molar-refractivity contribution in [2.24, 2.45) is 5.92 Å². The topological polar surface area (TPSA) is 20.3 Å². The Kier molecular flexibility index (Phi) is 4.75. The second kappa shape index (κ2) is 6.33. The fraction of sp³-hybridized carbons (Fsp3) is 0.500. The molecule has 1 heterocycles. The van der Waals surface area contributed by atoms with Gasteiger partial charge in [-0.3, -0.25) is 4.79 Å². The summed E-state index contributed by atoms with van der Waals surface area (Å²) in [6.07, 6.45) is 2.75. The molecule has 104 valence electrons. The Morgan fingerprint density at radius 3 is 2.95 bits per heavy atom. The molecule has 0 saturated carbocycles. The number of likely N-dealkylation sites (tertiary alicyclic amines) is 1. The van der Waals surface area contributed by atoms with Gasteiger partial charge < -0.3 is 4.90 Å². The summed E-state index contributed by atoms with van der Waals surface area (Å²) in [4.78, 5) is 13.8. The first kappa shape index (κ1) is 14.3. The summed E-state index contributed by atoms with van der Waals surface area (Å²) in [7, 11) is 0. The van der Waals surface area contributed by atoms with E-state index in [0.29, 0.717) is 24.9 Å². The molecule has 1 saturated heterocycles. The maximum atomic E-state index is 13.6. The highest BCUT2D eigenvalue weighted by atomic mass is 35.5. The SMILES string of the molecule is O=C(c1cccc(F)c1F)N1CCCC(CCCl)C1. The predicted octanol–water partition coefficient (Wildman–Crippen LogP) is 3.45. The molecule has 19 heavy (non-hydrogen) atoms. The number of rotatable bonds is 3. The van der Waals surface area contributed by atoms with Crippen molar-refractivity contribution in [2.45, 2.75) is 19.3 Å². The van der Waals surface area contributed by atoms with Crippen LogP contribution in [-0.2, 0) is 0 Å². The van der Waals surface area contributed by atoms with Crippen LogP contribution in [0.15, 0.2) is 18.2 Å². The zero-order valence-electron chi connectivity index (χ0n) is 10.5. The quantitative estimate of drug-likeness (QED) is 0.780. The van der Waals surface area contributed by atoms with Crippen molar-refractivity contribution < 1.29 is 13.6 Å². The highest BCUT2D eigenvalue weighted by molar-refractivity contribution is 6.17. The average Bonchev–Trinajstić information content (AvgIpc) is 2.42. The number of piperidine rings is 1. The first-order valence-corrected chi connectivity index (χ1v) is 6.96. The molecule has 1 atom stereocenters. The highest BCUT2D eigenvalue weighted by Crippen LogP contribution is 2.22. The molecule has 5 heteroatoms. The van der Waals surface area contributed by atoms with Gasteiger partial charge in [-0.15, -0.1) is 11.6 Å². The van der Waals surface area contributed by atoms with Crippen molar-refractivity contribution >= 4 is 17.5 Å². The summed E-state index contributed by atoms with van der Waals surface area (Å²) >= 11 is 5.71. The number of alkyl halides is 1. The van der Waals surface area contributed by atoms with E-state index in [1.165, 1.54) is 12.1 Å². The van der Waals surface area contributed by atoms with E-state index in [2.05, 4.69) is 0 Å². The van der Waals surface area contributed by atoms with Crippen LogP contribution in [0.5, 0.6) is 0 Å². The van der Waals surface area contributed by atoms with Crippen LogP contribution in [0.3, 0.4) is 0 Å². The van der Waals surface area contributed by atoms with Crippen molar-refractivity contribution in [1.82, 2.24) is 4.90 Å². The van der Waals surface area contributed by atoms with Crippen molar-refractivity contribution in [3.05, 3.63) is 35.4 Å². The second-order valence-corrected chi connectivity index (χ2v) is 5.22. The molecule has 1 fully saturated rings. The Balaban J connectivity index is 2.12. The van der Waals surface area contributed by atoms with Crippen LogP contribution >= 0.6 is 11.6 Å².